The van der Waals surface area contributed by atoms with Gasteiger partial charge in [-0.2, -0.15) is 0 Å². The maximum Gasteiger partial charge on any atom is 0.204 e. The lowest BCUT2D eigenvalue weighted by atomic mass is 9.71. The van der Waals surface area contributed by atoms with E-state index in [0.29, 0.717) is 0 Å². The Morgan fingerprint density at radius 2 is 0.871 bits per heavy atom. The standard InChI is InChI=1S/C18H8B5NO7/c19-5-1-2-6(20)8(22)14(27)9(23)10(2)24-11(1)16(29)12(25)3(5)4-7(21)15(28)18(31)17(30)13(4)26/h24-31H. The van der Waals surface area contributed by atoms with Crippen LogP contribution in [-0.2, 0) is 0 Å². The number of phenols is 7. The topological polar surface area (TPSA) is 157 Å². The van der Waals surface area contributed by atoms with Gasteiger partial charge in [-0.05, 0) is 16.3 Å². The third-order valence-electron chi connectivity index (χ3n) is 5.26. The fraction of sp³-hybridized carbons (Fsp3) is 0. The van der Waals surface area contributed by atoms with Crippen LogP contribution in [0.3, 0.4) is 0 Å². The number of rotatable bonds is 1. The van der Waals surface area contributed by atoms with E-state index in [2.05, 4.69) is 4.98 Å². The zero-order valence-corrected chi connectivity index (χ0v) is 15.5. The molecule has 0 atom stereocenters. The van der Waals surface area contributed by atoms with Crippen LogP contribution in [-0.4, -0.2) is 80.0 Å². The molecule has 142 valence electrons. The number of aromatic nitrogens is 1. The van der Waals surface area contributed by atoms with Crippen LogP contribution < -0.4 is 27.3 Å². The minimum atomic E-state index is -1.14. The van der Waals surface area contributed by atoms with E-state index in [9.17, 15) is 35.7 Å². The summed E-state index contributed by atoms with van der Waals surface area (Å²) in [4.78, 5) is 2.70. The predicted octanol–water partition coefficient (Wildman–Crippen LogP) is -3.10. The highest BCUT2D eigenvalue weighted by molar-refractivity contribution is 6.61. The molecule has 0 unspecified atom stereocenters. The molecule has 4 rings (SSSR count). The third kappa shape index (κ3) is 2.43. The number of hydrogen-bond donors (Lipinski definition) is 8. The molecule has 0 saturated carbocycles. The van der Waals surface area contributed by atoms with Gasteiger partial charge in [-0.25, -0.2) is 0 Å². The smallest absolute Gasteiger partial charge is 0.204 e. The fourth-order valence-electron chi connectivity index (χ4n) is 3.66. The zero-order valence-electron chi connectivity index (χ0n) is 15.5. The molecule has 0 amide bonds. The van der Waals surface area contributed by atoms with Gasteiger partial charge in [-0.15, -0.1) is 0 Å². The summed E-state index contributed by atoms with van der Waals surface area (Å²) in [6.07, 6.45) is 0. The van der Waals surface area contributed by atoms with Crippen molar-refractivity contribution in [3.63, 3.8) is 0 Å². The molecule has 0 spiro atoms. The highest BCUT2D eigenvalue weighted by atomic mass is 16.3. The number of fused-ring (bicyclic) bond motifs is 3. The Morgan fingerprint density at radius 1 is 0.387 bits per heavy atom. The Bertz CT molecular complexity index is 1440. The van der Waals surface area contributed by atoms with E-state index < -0.39 is 56.8 Å². The molecule has 31 heavy (non-hydrogen) atoms. The molecular formula is C18H8B5NO7. The van der Waals surface area contributed by atoms with E-state index in [-0.39, 0.29) is 43.7 Å². The molecule has 4 aromatic rings. The zero-order chi connectivity index (χ0) is 23.1. The molecule has 1 heterocycles. The number of hydrogen-bond acceptors (Lipinski definition) is 7. The van der Waals surface area contributed by atoms with Crippen molar-refractivity contribution in [3.8, 4) is 51.4 Å². The Kier molecular flexibility index (Phi) is 4.29. The van der Waals surface area contributed by atoms with E-state index in [1.165, 1.54) is 0 Å². The van der Waals surface area contributed by atoms with Crippen LogP contribution in [0.25, 0.3) is 32.9 Å². The monoisotopic (exact) mass is 405 g/mol. The largest absolute Gasteiger partial charge is 0.509 e. The number of benzene rings is 3. The van der Waals surface area contributed by atoms with Crippen LogP contribution in [0.2, 0.25) is 0 Å². The second-order valence-electron chi connectivity index (χ2n) is 6.88. The Hall–Kier alpha value is -3.62. The van der Waals surface area contributed by atoms with Gasteiger partial charge in [0.25, 0.3) is 0 Å². The second-order valence-corrected chi connectivity index (χ2v) is 6.88. The van der Waals surface area contributed by atoms with Gasteiger partial charge in [0.2, 0.25) is 11.5 Å². The van der Waals surface area contributed by atoms with Crippen molar-refractivity contribution < 1.29 is 35.7 Å². The number of nitrogens with one attached hydrogen (secondary N) is 1. The summed E-state index contributed by atoms with van der Waals surface area (Å²) in [5.74, 6) is -6.45. The quantitative estimate of drug-likeness (QED) is 0.0948. The first-order valence-electron chi connectivity index (χ1n) is 8.51. The first-order chi connectivity index (χ1) is 14.4. The van der Waals surface area contributed by atoms with Gasteiger partial charge in [-0.3, -0.25) is 0 Å². The molecule has 8 N–H and O–H groups in total. The maximum absolute atomic E-state index is 10.6. The van der Waals surface area contributed by atoms with Crippen molar-refractivity contribution in [1.29, 1.82) is 0 Å². The third-order valence-corrected chi connectivity index (χ3v) is 5.26. The minimum absolute atomic E-state index is 0.0120. The Morgan fingerprint density at radius 3 is 1.48 bits per heavy atom. The molecular weight excluding hydrogens is 396 g/mol. The second kappa shape index (κ2) is 6.44. The Labute approximate surface area is 180 Å². The van der Waals surface area contributed by atoms with Gasteiger partial charge in [0.05, 0.1) is 5.52 Å². The molecule has 8 nitrogen and oxygen atoms in total. The predicted molar refractivity (Wildman–Crippen MR) is 120 cm³/mol. The molecule has 10 radical (unpaired) electrons. The van der Waals surface area contributed by atoms with E-state index in [1.54, 1.807) is 0 Å². The molecule has 0 aliphatic rings. The molecule has 1 aromatic heterocycles. The Balaban J connectivity index is 2.30. The molecule has 0 aliphatic heterocycles. The summed E-state index contributed by atoms with van der Waals surface area (Å²) in [5.41, 5.74) is -2.75. The van der Waals surface area contributed by atoms with Crippen molar-refractivity contribution >= 4 is 88.4 Å². The summed E-state index contributed by atoms with van der Waals surface area (Å²) >= 11 is 0. The number of H-pyrrole nitrogens is 1. The van der Waals surface area contributed by atoms with Gasteiger partial charge in [0, 0.05) is 22.0 Å². The highest BCUT2D eigenvalue weighted by Gasteiger charge is 2.29. The lowest BCUT2D eigenvalue weighted by molar-refractivity contribution is 0.348. The van der Waals surface area contributed by atoms with E-state index in [0.717, 1.165) is 0 Å². The van der Waals surface area contributed by atoms with E-state index in [4.69, 9.17) is 39.2 Å². The SMILES string of the molecule is [B]c1c(O)c(O)c(O)c(O)c1-c1c(O)c(O)c2[nH]c3c([B])c(O)c([B])c([B])c3c2c1[B]. The molecule has 0 bridgehead atoms. The van der Waals surface area contributed by atoms with Crippen LogP contribution in [0.5, 0.6) is 40.2 Å². The van der Waals surface area contributed by atoms with Crippen molar-refractivity contribution in [2.45, 2.75) is 0 Å². The summed E-state index contributed by atoms with van der Waals surface area (Å²) < 4.78 is 0. The molecule has 0 fully saturated rings. The summed E-state index contributed by atoms with van der Waals surface area (Å²) in [7, 11) is 29.7. The summed E-state index contributed by atoms with van der Waals surface area (Å²) in [5, 5.41) is 71.3. The summed E-state index contributed by atoms with van der Waals surface area (Å²) in [6, 6.07) is 0. The van der Waals surface area contributed by atoms with Crippen LogP contribution in [0.1, 0.15) is 0 Å². The molecule has 13 heteroatoms. The van der Waals surface area contributed by atoms with Crippen molar-refractivity contribution in [1.82, 2.24) is 4.98 Å². The van der Waals surface area contributed by atoms with Crippen LogP contribution >= 0.6 is 0 Å². The first-order valence-corrected chi connectivity index (χ1v) is 8.51. The minimum Gasteiger partial charge on any atom is -0.509 e. The van der Waals surface area contributed by atoms with Crippen molar-refractivity contribution in [3.05, 3.63) is 0 Å². The molecule has 3 aromatic carbocycles. The van der Waals surface area contributed by atoms with Gasteiger partial charge in [0.15, 0.2) is 23.0 Å². The van der Waals surface area contributed by atoms with Crippen LogP contribution in [0.15, 0.2) is 0 Å². The lowest BCUT2D eigenvalue weighted by Gasteiger charge is -2.19. The first kappa shape index (κ1) is 20.6. The van der Waals surface area contributed by atoms with Crippen LogP contribution in [0, 0.1) is 0 Å². The number of aromatic amines is 1. The molecule has 0 aliphatic carbocycles. The van der Waals surface area contributed by atoms with Gasteiger partial charge >= 0.3 is 0 Å². The average molecular weight is 404 g/mol. The van der Waals surface area contributed by atoms with Crippen molar-refractivity contribution in [2.75, 3.05) is 0 Å². The molecule has 0 saturated heterocycles. The fourth-order valence-corrected chi connectivity index (χ4v) is 3.66. The summed E-state index contributed by atoms with van der Waals surface area (Å²) in [6.45, 7) is 0. The number of aromatic hydroxyl groups is 7. The van der Waals surface area contributed by atoms with Gasteiger partial charge < -0.3 is 40.7 Å². The van der Waals surface area contributed by atoms with Crippen molar-refractivity contribution in [2.24, 2.45) is 0 Å². The van der Waals surface area contributed by atoms with E-state index >= 15 is 0 Å². The highest BCUT2D eigenvalue weighted by Crippen LogP contribution is 2.50. The average Bonchev–Trinajstić information content (AvgIpc) is 3.15. The van der Waals surface area contributed by atoms with Crippen LogP contribution in [0.4, 0.5) is 0 Å². The normalized spacial score (nSPS) is 11.5. The van der Waals surface area contributed by atoms with Gasteiger partial charge in [0.1, 0.15) is 45.0 Å². The number of phenolic OH excluding ortho intramolecular Hbond substituents is 7. The lowest BCUT2D eigenvalue weighted by Crippen LogP contribution is -2.32. The maximum atomic E-state index is 10.6. The van der Waals surface area contributed by atoms with E-state index in [1.807, 2.05) is 0 Å². The van der Waals surface area contributed by atoms with Gasteiger partial charge in [-0.1, -0.05) is 16.4 Å².